The van der Waals surface area contributed by atoms with Gasteiger partial charge in [0.25, 0.3) is 0 Å². The summed E-state index contributed by atoms with van der Waals surface area (Å²) in [6.45, 7) is 1.95. The Bertz CT molecular complexity index is 273. The van der Waals surface area contributed by atoms with Crippen molar-refractivity contribution in [2.45, 2.75) is 13.3 Å². The van der Waals surface area contributed by atoms with E-state index >= 15 is 0 Å². The lowest BCUT2D eigenvalue weighted by molar-refractivity contribution is -0.137. The number of carboxylic acids is 1. The minimum Gasteiger partial charge on any atom is -0.480 e. The molecule has 84 valence electrons. The molecule has 0 aliphatic heterocycles. The van der Waals surface area contributed by atoms with E-state index in [4.69, 9.17) is 5.11 Å². The molecule has 0 fully saturated rings. The van der Waals surface area contributed by atoms with Crippen LogP contribution in [0.1, 0.15) is 13.3 Å². The molecule has 1 N–H and O–H groups in total. The minimum absolute atomic E-state index is 0.0324. The van der Waals surface area contributed by atoms with Crippen LogP contribution >= 0.6 is 0 Å². The zero-order chi connectivity index (χ0) is 11.2. The van der Waals surface area contributed by atoms with Crippen LogP contribution in [0.2, 0.25) is 0 Å². The minimum atomic E-state index is -3.00. The van der Waals surface area contributed by atoms with E-state index in [0.717, 1.165) is 0 Å². The summed E-state index contributed by atoms with van der Waals surface area (Å²) in [6, 6.07) is 0. The fourth-order valence-electron chi connectivity index (χ4n) is 1.02. The summed E-state index contributed by atoms with van der Waals surface area (Å²) in [7, 11) is -1.40. The second-order valence-corrected chi connectivity index (χ2v) is 5.59. The second-order valence-electron chi connectivity index (χ2n) is 3.28. The number of hydrogen-bond donors (Lipinski definition) is 1. The van der Waals surface area contributed by atoms with E-state index < -0.39 is 15.8 Å². The third-order valence-corrected chi connectivity index (χ3v) is 3.54. The summed E-state index contributed by atoms with van der Waals surface area (Å²) >= 11 is 0. The van der Waals surface area contributed by atoms with Gasteiger partial charge >= 0.3 is 5.97 Å². The van der Waals surface area contributed by atoms with Crippen LogP contribution in [0.15, 0.2) is 0 Å². The van der Waals surface area contributed by atoms with Crippen LogP contribution in [0.25, 0.3) is 0 Å². The number of likely N-dealkylation sites (N-methyl/N-ethyl adjacent to an activating group) is 1. The molecule has 0 aliphatic carbocycles. The van der Waals surface area contributed by atoms with Gasteiger partial charge in [0, 0.05) is 12.3 Å². The van der Waals surface area contributed by atoms with Gasteiger partial charge in [-0.1, -0.05) is 6.92 Å². The Kier molecular flexibility index (Phi) is 5.71. The summed E-state index contributed by atoms with van der Waals surface area (Å²) in [5, 5.41) is 8.43. The molecule has 0 heterocycles. The Hall–Kier alpha value is -0.620. The predicted molar refractivity (Wildman–Crippen MR) is 54.1 cm³/mol. The highest BCUT2D eigenvalue weighted by atomic mass is 32.2. The largest absolute Gasteiger partial charge is 0.480 e. The smallest absolute Gasteiger partial charge is 0.317 e. The molecule has 0 spiro atoms. The van der Waals surface area contributed by atoms with E-state index in [1.165, 1.54) is 4.90 Å². The lowest BCUT2D eigenvalue weighted by Crippen LogP contribution is -2.31. The summed E-state index contributed by atoms with van der Waals surface area (Å²) in [4.78, 5) is 11.8. The number of nitrogens with zero attached hydrogens (tertiary/aromatic N) is 1. The van der Waals surface area contributed by atoms with Crippen molar-refractivity contribution >= 4 is 15.8 Å². The van der Waals surface area contributed by atoms with Crippen molar-refractivity contribution in [3.8, 4) is 0 Å². The van der Waals surface area contributed by atoms with Crippen molar-refractivity contribution < 1.29 is 18.3 Å². The van der Waals surface area contributed by atoms with Crippen LogP contribution in [0.3, 0.4) is 0 Å². The van der Waals surface area contributed by atoms with Crippen molar-refractivity contribution in [3.05, 3.63) is 0 Å². The average Bonchev–Trinajstić information content (AvgIpc) is 2.00. The molecule has 0 unspecified atom stereocenters. The van der Waals surface area contributed by atoms with Gasteiger partial charge in [-0.3, -0.25) is 9.69 Å². The van der Waals surface area contributed by atoms with E-state index in [1.54, 1.807) is 14.0 Å². The molecular formula is C8H17NO4S. The number of sulfone groups is 1. The maximum atomic E-state index is 11.2. The van der Waals surface area contributed by atoms with E-state index in [0.29, 0.717) is 6.42 Å². The molecule has 0 aromatic rings. The summed E-state index contributed by atoms with van der Waals surface area (Å²) in [6.07, 6.45) is 0.602. The fraction of sp³-hybridized carbons (Fsp3) is 0.875. The quantitative estimate of drug-likeness (QED) is 0.648. The van der Waals surface area contributed by atoms with Gasteiger partial charge in [0.05, 0.1) is 12.3 Å². The summed E-state index contributed by atoms with van der Waals surface area (Å²) in [5.41, 5.74) is 0. The van der Waals surface area contributed by atoms with E-state index in [9.17, 15) is 13.2 Å². The molecule has 0 rings (SSSR count). The van der Waals surface area contributed by atoms with Gasteiger partial charge < -0.3 is 5.11 Å². The fourth-order valence-corrected chi connectivity index (χ4v) is 2.43. The number of carbonyl (C=O) groups is 1. The second kappa shape index (κ2) is 5.98. The van der Waals surface area contributed by atoms with Gasteiger partial charge in [0.15, 0.2) is 9.84 Å². The SMILES string of the molecule is CCCS(=O)(=O)CCN(C)CC(=O)O. The molecule has 5 nitrogen and oxygen atoms in total. The zero-order valence-corrected chi connectivity index (χ0v) is 9.38. The first-order valence-corrected chi connectivity index (χ1v) is 6.30. The number of aliphatic carboxylic acids is 1. The van der Waals surface area contributed by atoms with Crippen molar-refractivity contribution in [1.82, 2.24) is 4.90 Å². The van der Waals surface area contributed by atoms with Crippen LogP contribution in [0.4, 0.5) is 0 Å². The van der Waals surface area contributed by atoms with E-state index in [1.807, 2.05) is 0 Å². The third-order valence-electron chi connectivity index (χ3n) is 1.70. The van der Waals surface area contributed by atoms with Gasteiger partial charge in [-0.05, 0) is 13.5 Å². The Morgan fingerprint density at radius 1 is 1.36 bits per heavy atom. The molecule has 6 heteroatoms. The van der Waals surface area contributed by atoms with Crippen molar-refractivity contribution in [1.29, 1.82) is 0 Å². The van der Waals surface area contributed by atoms with Gasteiger partial charge in [-0.2, -0.15) is 0 Å². The molecular weight excluding hydrogens is 206 g/mol. The molecule has 0 bridgehead atoms. The Morgan fingerprint density at radius 2 is 1.93 bits per heavy atom. The third kappa shape index (κ3) is 6.85. The van der Waals surface area contributed by atoms with Crippen LogP contribution in [0, 0.1) is 0 Å². The average molecular weight is 223 g/mol. The number of rotatable bonds is 7. The molecule has 0 aromatic heterocycles. The van der Waals surface area contributed by atoms with Gasteiger partial charge in [0.2, 0.25) is 0 Å². The van der Waals surface area contributed by atoms with Gasteiger partial charge in [-0.15, -0.1) is 0 Å². The first kappa shape index (κ1) is 13.4. The molecule has 0 aliphatic rings. The van der Waals surface area contributed by atoms with E-state index in [2.05, 4.69) is 0 Å². The van der Waals surface area contributed by atoms with Crippen LogP contribution in [-0.2, 0) is 14.6 Å². The highest BCUT2D eigenvalue weighted by Crippen LogP contribution is 1.94. The summed E-state index contributed by atoms with van der Waals surface area (Å²) < 4.78 is 22.5. The molecule has 0 atom stereocenters. The first-order chi connectivity index (χ1) is 6.37. The molecule has 0 amide bonds. The number of carboxylic acid groups (broad SMARTS) is 1. The van der Waals surface area contributed by atoms with Crippen LogP contribution in [-0.4, -0.2) is 56.0 Å². The van der Waals surface area contributed by atoms with Gasteiger partial charge in [-0.25, -0.2) is 8.42 Å². The highest BCUT2D eigenvalue weighted by Gasteiger charge is 2.11. The van der Waals surface area contributed by atoms with Crippen LogP contribution < -0.4 is 0 Å². The Labute approximate surface area is 84.6 Å². The van der Waals surface area contributed by atoms with Crippen molar-refractivity contribution in [2.75, 3.05) is 31.6 Å². The standard InChI is InChI=1S/C8H17NO4S/c1-3-5-14(12,13)6-4-9(2)7-8(10)11/h3-7H2,1-2H3,(H,10,11). The number of hydrogen-bond acceptors (Lipinski definition) is 4. The maximum Gasteiger partial charge on any atom is 0.317 e. The monoisotopic (exact) mass is 223 g/mol. The topological polar surface area (TPSA) is 74.7 Å². The molecule has 0 aromatic carbocycles. The Balaban J connectivity index is 3.87. The van der Waals surface area contributed by atoms with Gasteiger partial charge in [0.1, 0.15) is 0 Å². The zero-order valence-electron chi connectivity index (χ0n) is 8.56. The van der Waals surface area contributed by atoms with Crippen molar-refractivity contribution in [3.63, 3.8) is 0 Å². The molecule has 0 saturated carbocycles. The normalized spacial score (nSPS) is 11.9. The predicted octanol–water partition coefficient (Wildman–Crippen LogP) is -0.172. The molecule has 0 saturated heterocycles. The maximum absolute atomic E-state index is 11.2. The molecule has 14 heavy (non-hydrogen) atoms. The van der Waals surface area contributed by atoms with E-state index in [-0.39, 0.29) is 24.6 Å². The summed E-state index contributed by atoms with van der Waals surface area (Å²) in [5.74, 6) is -0.737. The lowest BCUT2D eigenvalue weighted by Gasteiger charge is -2.13. The highest BCUT2D eigenvalue weighted by molar-refractivity contribution is 7.91. The lowest BCUT2D eigenvalue weighted by atomic mass is 10.5. The first-order valence-electron chi connectivity index (χ1n) is 4.48. The molecule has 0 radical (unpaired) electrons. The Morgan fingerprint density at radius 3 is 2.36 bits per heavy atom. The van der Waals surface area contributed by atoms with Crippen molar-refractivity contribution in [2.24, 2.45) is 0 Å². The van der Waals surface area contributed by atoms with Crippen LogP contribution in [0.5, 0.6) is 0 Å².